The fourth-order valence-corrected chi connectivity index (χ4v) is 2.30. The minimum absolute atomic E-state index is 0.0247. The van der Waals surface area contributed by atoms with Crippen LogP contribution in [0, 0.1) is 11.3 Å². The number of hydrogen-bond acceptors (Lipinski definition) is 2. The Morgan fingerprint density at radius 3 is 2.14 bits per heavy atom. The van der Waals surface area contributed by atoms with Gasteiger partial charge in [0.25, 0.3) is 0 Å². The fourth-order valence-electron chi connectivity index (χ4n) is 2.30. The Labute approximate surface area is 127 Å². The first-order valence-electron chi connectivity index (χ1n) is 7.29. The maximum Gasteiger partial charge on any atom is 0.0647 e. The van der Waals surface area contributed by atoms with E-state index < -0.39 is 0 Å². The Balaban J connectivity index is 2.16. The summed E-state index contributed by atoms with van der Waals surface area (Å²) in [6.45, 7) is 6.62. The van der Waals surface area contributed by atoms with Crippen LogP contribution in [0.4, 0.5) is 5.69 Å². The van der Waals surface area contributed by atoms with Crippen LogP contribution in [-0.4, -0.2) is 0 Å². The standard InChI is InChI=1S/C19H22N2/c1-19(2,3)16-9-11-17(12-10-16)21-18(13-14-20)15-7-5-4-6-8-15/h4-12,18,21H,13H2,1-3H3. The van der Waals surface area contributed by atoms with Crippen molar-refractivity contribution in [1.29, 1.82) is 5.26 Å². The summed E-state index contributed by atoms with van der Waals surface area (Å²) in [5, 5.41) is 12.5. The Hall–Kier alpha value is -2.27. The average Bonchev–Trinajstić information content (AvgIpc) is 2.47. The van der Waals surface area contributed by atoms with Crippen LogP contribution in [0.3, 0.4) is 0 Å². The van der Waals surface area contributed by atoms with E-state index in [0.29, 0.717) is 6.42 Å². The number of hydrogen-bond donors (Lipinski definition) is 1. The molecule has 0 aliphatic carbocycles. The molecule has 0 spiro atoms. The number of nitriles is 1. The summed E-state index contributed by atoms with van der Waals surface area (Å²) in [5.41, 5.74) is 3.65. The number of nitrogens with zero attached hydrogens (tertiary/aromatic N) is 1. The Bertz CT molecular complexity index is 601. The topological polar surface area (TPSA) is 35.8 Å². The number of benzene rings is 2. The van der Waals surface area contributed by atoms with E-state index in [0.717, 1.165) is 11.3 Å². The predicted molar refractivity (Wildman–Crippen MR) is 88.2 cm³/mol. The molecule has 2 heteroatoms. The van der Waals surface area contributed by atoms with Crippen LogP contribution >= 0.6 is 0 Å². The molecule has 2 rings (SSSR count). The van der Waals surface area contributed by atoms with E-state index in [1.807, 2.05) is 18.2 Å². The molecule has 0 heterocycles. The van der Waals surface area contributed by atoms with Crippen LogP contribution in [0.15, 0.2) is 54.6 Å². The van der Waals surface area contributed by atoms with Crippen molar-refractivity contribution in [2.75, 3.05) is 5.32 Å². The van der Waals surface area contributed by atoms with Crippen molar-refractivity contribution in [3.05, 3.63) is 65.7 Å². The minimum atomic E-state index is 0.0247. The van der Waals surface area contributed by atoms with Crippen LogP contribution in [0.5, 0.6) is 0 Å². The smallest absolute Gasteiger partial charge is 0.0647 e. The maximum atomic E-state index is 9.04. The van der Waals surface area contributed by atoms with Crippen molar-refractivity contribution in [2.45, 2.75) is 38.6 Å². The van der Waals surface area contributed by atoms with Crippen molar-refractivity contribution in [2.24, 2.45) is 0 Å². The maximum absolute atomic E-state index is 9.04. The SMILES string of the molecule is CC(C)(C)c1ccc(NC(CC#N)c2ccccc2)cc1. The normalized spacial score (nSPS) is 12.5. The molecule has 0 bridgehead atoms. The molecular formula is C19H22N2. The van der Waals surface area contributed by atoms with Crippen molar-refractivity contribution >= 4 is 5.69 Å². The van der Waals surface area contributed by atoms with Gasteiger partial charge in [-0.15, -0.1) is 0 Å². The van der Waals surface area contributed by atoms with E-state index in [-0.39, 0.29) is 11.5 Å². The number of rotatable bonds is 4. The van der Waals surface area contributed by atoms with Crippen LogP contribution in [0.2, 0.25) is 0 Å². The average molecular weight is 278 g/mol. The summed E-state index contributed by atoms with van der Waals surface area (Å²) in [4.78, 5) is 0. The lowest BCUT2D eigenvalue weighted by Crippen LogP contribution is -2.12. The van der Waals surface area contributed by atoms with Gasteiger partial charge in [0.05, 0.1) is 18.5 Å². The molecular weight excluding hydrogens is 256 g/mol. The minimum Gasteiger partial charge on any atom is -0.377 e. The van der Waals surface area contributed by atoms with E-state index in [1.54, 1.807) is 0 Å². The summed E-state index contributed by atoms with van der Waals surface area (Å²) in [5.74, 6) is 0. The first-order valence-corrected chi connectivity index (χ1v) is 7.29. The summed E-state index contributed by atoms with van der Waals surface area (Å²) in [6, 6.07) is 20.9. The molecule has 1 unspecified atom stereocenters. The first-order chi connectivity index (χ1) is 10.0. The summed E-state index contributed by atoms with van der Waals surface area (Å²) in [6.07, 6.45) is 0.449. The molecule has 0 fully saturated rings. The van der Waals surface area contributed by atoms with Gasteiger partial charge in [-0.1, -0.05) is 63.2 Å². The Morgan fingerprint density at radius 1 is 1.00 bits per heavy atom. The molecule has 0 aliphatic heterocycles. The van der Waals surface area contributed by atoms with Crippen molar-refractivity contribution in [1.82, 2.24) is 0 Å². The second-order valence-corrected chi connectivity index (χ2v) is 6.30. The van der Waals surface area contributed by atoms with Gasteiger partial charge in [-0.25, -0.2) is 0 Å². The van der Waals surface area contributed by atoms with Crippen molar-refractivity contribution < 1.29 is 0 Å². The molecule has 1 N–H and O–H groups in total. The molecule has 108 valence electrons. The van der Waals surface area contributed by atoms with Gasteiger partial charge in [-0.2, -0.15) is 5.26 Å². The van der Waals surface area contributed by atoms with Crippen LogP contribution in [0.25, 0.3) is 0 Å². The van der Waals surface area contributed by atoms with E-state index in [1.165, 1.54) is 5.56 Å². The van der Waals surface area contributed by atoms with Gasteiger partial charge in [0.2, 0.25) is 0 Å². The fraction of sp³-hybridized carbons (Fsp3) is 0.316. The third kappa shape index (κ3) is 4.10. The molecule has 0 radical (unpaired) electrons. The third-order valence-electron chi connectivity index (χ3n) is 3.59. The van der Waals surface area contributed by atoms with Crippen LogP contribution in [0.1, 0.15) is 44.4 Å². The summed E-state index contributed by atoms with van der Waals surface area (Å²) < 4.78 is 0. The number of nitrogens with one attached hydrogen (secondary N) is 1. The molecule has 2 nitrogen and oxygen atoms in total. The van der Waals surface area contributed by atoms with Gasteiger partial charge in [0.1, 0.15) is 0 Å². The van der Waals surface area contributed by atoms with Crippen LogP contribution < -0.4 is 5.32 Å². The molecule has 2 aromatic rings. The van der Waals surface area contributed by atoms with E-state index in [4.69, 9.17) is 5.26 Å². The van der Waals surface area contributed by atoms with Gasteiger partial charge in [-0.3, -0.25) is 0 Å². The Kier molecular flexibility index (Phi) is 4.65. The van der Waals surface area contributed by atoms with E-state index in [9.17, 15) is 0 Å². The molecule has 0 saturated heterocycles. The summed E-state index contributed by atoms with van der Waals surface area (Å²) >= 11 is 0. The molecule has 21 heavy (non-hydrogen) atoms. The summed E-state index contributed by atoms with van der Waals surface area (Å²) in [7, 11) is 0. The zero-order valence-electron chi connectivity index (χ0n) is 12.9. The lowest BCUT2D eigenvalue weighted by atomic mass is 9.87. The van der Waals surface area contributed by atoms with Gasteiger partial charge in [-0.05, 0) is 28.7 Å². The van der Waals surface area contributed by atoms with Gasteiger partial charge in [0.15, 0.2) is 0 Å². The van der Waals surface area contributed by atoms with Gasteiger partial charge in [0, 0.05) is 5.69 Å². The van der Waals surface area contributed by atoms with E-state index in [2.05, 4.69) is 68.6 Å². The monoisotopic (exact) mass is 278 g/mol. The highest BCUT2D eigenvalue weighted by Gasteiger charge is 2.14. The lowest BCUT2D eigenvalue weighted by Gasteiger charge is -2.21. The predicted octanol–water partition coefficient (Wildman–Crippen LogP) is 5.05. The highest BCUT2D eigenvalue weighted by atomic mass is 14.9. The van der Waals surface area contributed by atoms with Crippen LogP contribution in [-0.2, 0) is 5.41 Å². The molecule has 0 amide bonds. The second-order valence-electron chi connectivity index (χ2n) is 6.30. The van der Waals surface area contributed by atoms with Crippen molar-refractivity contribution in [3.63, 3.8) is 0 Å². The quantitative estimate of drug-likeness (QED) is 0.849. The molecule has 0 aliphatic rings. The van der Waals surface area contributed by atoms with E-state index >= 15 is 0 Å². The number of anilines is 1. The van der Waals surface area contributed by atoms with Crippen molar-refractivity contribution in [3.8, 4) is 6.07 Å². The highest BCUT2D eigenvalue weighted by molar-refractivity contribution is 5.48. The zero-order valence-corrected chi connectivity index (χ0v) is 12.9. The molecule has 1 atom stereocenters. The second kappa shape index (κ2) is 6.45. The van der Waals surface area contributed by atoms with Gasteiger partial charge >= 0.3 is 0 Å². The Morgan fingerprint density at radius 2 is 1.62 bits per heavy atom. The third-order valence-corrected chi connectivity index (χ3v) is 3.59. The molecule has 0 aromatic heterocycles. The first kappa shape index (κ1) is 15.1. The molecule has 0 saturated carbocycles. The van der Waals surface area contributed by atoms with Gasteiger partial charge < -0.3 is 5.32 Å². The zero-order chi connectivity index (χ0) is 15.3. The molecule has 2 aromatic carbocycles. The lowest BCUT2D eigenvalue weighted by molar-refractivity contribution is 0.590. The largest absolute Gasteiger partial charge is 0.377 e. The highest BCUT2D eigenvalue weighted by Crippen LogP contribution is 2.26.